The van der Waals surface area contributed by atoms with E-state index in [-0.39, 0.29) is 23.7 Å². The number of fused-ring (bicyclic) bond motifs is 1. The van der Waals surface area contributed by atoms with Crippen LogP contribution < -0.4 is 15.5 Å². The molecule has 5 heteroatoms. The Kier molecular flexibility index (Phi) is 6.13. The number of amides is 1. The molecule has 0 radical (unpaired) electrons. The van der Waals surface area contributed by atoms with Crippen LogP contribution in [0.2, 0.25) is 0 Å². The SMILES string of the molecule is Cc1ccc2oc(-c3ccccc3)c(OCC(=O)NCCc3ccccc3)c(=O)c2c1. The van der Waals surface area contributed by atoms with Crippen molar-refractivity contribution < 1.29 is 13.9 Å². The van der Waals surface area contributed by atoms with Crippen LogP contribution in [-0.2, 0) is 11.2 Å². The Bertz CT molecular complexity index is 1250. The molecule has 0 aliphatic heterocycles. The first-order chi connectivity index (χ1) is 15.1. The molecule has 1 N–H and O–H groups in total. The number of rotatable bonds is 7. The van der Waals surface area contributed by atoms with Crippen molar-refractivity contribution in [2.45, 2.75) is 13.3 Å². The molecule has 3 aromatic carbocycles. The summed E-state index contributed by atoms with van der Waals surface area (Å²) in [5.74, 6) is 0.0697. The first-order valence-corrected chi connectivity index (χ1v) is 10.2. The number of carbonyl (C=O) groups is 1. The summed E-state index contributed by atoms with van der Waals surface area (Å²) in [5.41, 5.74) is 2.98. The minimum absolute atomic E-state index is 0.0440. The molecule has 0 unspecified atom stereocenters. The van der Waals surface area contributed by atoms with E-state index in [1.807, 2.05) is 73.7 Å². The zero-order valence-electron chi connectivity index (χ0n) is 17.3. The fraction of sp³-hybridized carbons (Fsp3) is 0.154. The Morgan fingerprint density at radius 2 is 1.68 bits per heavy atom. The van der Waals surface area contributed by atoms with Crippen LogP contribution >= 0.6 is 0 Å². The Hall–Kier alpha value is -3.86. The lowest BCUT2D eigenvalue weighted by Crippen LogP contribution is -2.31. The third-order valence-electron chi connectivity index (χ3n) is 4.97. The molecule has 0 fully saturated rings. The average molecular weight is 413 g/mol. The van der Waals surface area contributed by atoms with E-state index >= 15 is 0 Å². The highest BCUT2D eigenvalue weighted by Crippen LogP contribution is 2.31. The molecule has 1 heterocycles. The number of ether oxygens (including phenoxy) is 1. The maximum Gasteiger partial charge on any atom is 0.257 e. The lowest BCUT2D eigenvalue weighted by molar-refractivity contribution is -0.123. The van der Waals surface area contributed by atoms with Crippen molar-refractivity contribution in [3.05, 3.63) is 100 Å². The van der Waals surface area contributed by atoms with E-state index in [0.717, 1.165) is 17.5 Å². The van der Waals surface area contributed by atoms with Gasteiger partial charge in [0.05, 0.1) is 5.39 Å². The Labute approximate surface area is 180 Å². The standard InChI is InChI=1S/C26H23NO4/c1-18-12-13-22-21(16-18)24(29)26(25(31-22)20-10-6-3-7-11-20)30-17-23(28)27-15-14-19-8-4-2-5-9-19/h2-13,16H,14-15,17H2,1H3,(H,27,28). The molecule has 4 aromatic rings. The third-order valence-corrected chi connectivity index (χ3v) is 4.97. The maximum absolute atomic E-state index is 13.2. The fourth-order valence-corrected chi connectivity index (χ4v) is 3.38. The second-order valence-electron chi connectivity index (χ2n) is 7.33. The van der Waals surface area contributed by atoms with Gasteiger partial charge in [0.15, 0.2) is 12.4 Å². The van der Waals surface area contributed by atoms with E-state index in [9.17, 15) is 9.59 Å². The van der Waals surface area contributed by atoms with Crippen molar-refractivity contribution in [2.24, 2.45) is 0 Å². The summed E-state index contributed by atoms with van der Waals surface area (Å²) in [5, 5.41) is 3.26. The van der Waals surface area contributed by atoms with Gasteiger partial charge in [-0.2, -0.15) is 0 Å². The van der Waals surface area contributed by atoms with E-state index in [0.29, 0.717) is 28.8 Å². The van der Waals surface area contributed by atoms with Crippen LogP contribution in [0.15, 0.2) is 88.1 Å². The van der Waals surface area contributed by atoms with Gasteiger partial charge in [-0.05, 0) is 31.0 Å². The third kappa shape index (κ3) is 4.83. The molecule has 31 heavy (non-hydrogen) atoms. The normalized spacial score (nSPS) is 10.7. The average Bonchev–Trinajstić information content (AvgIpc) is 2.80. The van der Waals surface area contributed by atoms with E-state index in [1.165, 1.54) is 0 Å². The van der Waals surface area contributed by atoms with Crippen molar-refractivity contribution in [1.82, 2.24) is 5.32 Å². The monoisotopic (exact) mass is 413 g/mol. The molecular formula is C26H23NO4. The zero-order chi connectivity index (χ0) is 21.6. The first kappa shape index (κ1) is 20.4. The lowest BCUT2D eigenvalue weighted by Gasteiger charge is -2.12. The van der Waals surface area contributed by atoms with Crippen molar-refractivity contribution in [2.75, 3.05) is 13.2 Å². The molecule has 0 saturated heterocycles. The van der Waals surface area contributed by atoms with Crippen molar-refractivity contribution in [1.29, 1.82) is 0 Å². The number of benzene rings is 3. The predicted octanol–water partition coefficient (Wildman–Crippen LogP) is 4.51. The van der Waals surface area contributed by atoms with Gasteiger partial charge in [0, 0.05) is 12.1 Å². The van der Waals surface area contributed by atoms with E-state index in [4.69, 9.17) is 9.15 Å². The van der Waals surface area contributed by atoms with Gasteiger partial charge < -0.3 is 14.5 Å². The van der Waals surface area contributed by atoms with E-state index < -0.39 is 0 Å². The summed E-state index contributed by atoms with van der Waals surface area (Å²) in [6.07, 6.45) is 0.721. The highest BCUT2D eigenvalue weighted by atomic mass is 16.5. The van der Waals surface area contributed by atoms with E-state index in [1.54, 1.807) is 12.1 Å². The zero-order valence-corrected chi connectivity index (χ0v) is 17.3. The van der Waals surface area contributed by atoms with Crippen molar-refractivity contribution in [3.63, 3.8) is 0 Å². The Morgan fingerprint density at radius 3 is 2.42 bits per heavy atom. The van der Waals surface area contributed by atoms with Gasteiger partial charge in [-0.3, -0.25) is 9.59 Å². The van der Waals surface area contributed by atoms with Gasteiger partial charge in [-0.1, -0.05) is 72.3 Å². The van der Waals surface area contributed by atoms with Crippen LogP contribution in [0.4, 0.5) is 0 Å². The molecule has 0 atom stereocenters. The van der Waals surface area contributed by atoms with Gasteiger partial charge in [-0.25, -0.2) is 0 Å². The van der Waals surface area contributed by atoms with Gasteiger partial charge in [0.1, 0.15) is 5.58 Å². The minimum atomic E-state index is -0.293. The minimum Gasteiger partial charge on any atom is -0.476 e. The molecule has 4 rings (SSSR count). The molecule has 0 spiro atoms. The highest BCUT2D eigenvalue weighted by Gasteiger charge is 2.18. The number of aryl methyl sites for hydroxylation is 1. The molecule has 5 nitrogen and oxygen atoms in total. The second-order valence-corrected chi connectivity index (χ2v) is 7.33. The molecule has 0 saturated carbocycles. The van der Waals surface area contributed by atoms with Gasteiger partial charge in [0.2, 0.25) is 11.2 Å². The second kappa shape index (κ2) is 9.30. The summed E-state index contributed by atoms with van der Waals surface area (Å²) in [7, 11) is 0. The van der Waals surface area contributed by atoms with E-state index in [2.05, 4.69) is 5.32 Å². The maximum atomic E-state index is 13.2. The van der Waals surface area contributed by atoms with Gasteiger partial charge in [-0.15, -0.1) is 0 Å². The number of hydrogen-bond donors (Lipinski definition) is 1. The number of nitrogens with one attached hydrogen (secondary N) is 1. The summed E-state index contributed by atoms with van der Waals surface area (Å²) < 4.78 is 11.7. The van der Waals surface area contributed by atoms with Crippen molar-refractivity contribution >= 4 is 16.9 Å². The van der Waals surface area contributed by atoms with Gasteiger partial charge in [0.25, 0.3) is 5.91 Å². The van der Waals surface area contributed by atoms with Crippen LogP contribution in [-0.4, -0.2) is 19.1 Å². The predicted molar refractivity (Wildman–Crippen MR) is 121 cm³/mol. The Balaban J connectivity index is 1.55. The molecule has 1 aromatic heterocycles. The van der Waals surface area contributed by atoms with Gasteiger partial charge >= 0.3 is 0 Å². The van der Waals surface area contributed by atoms with Crippen LogP contribution in [0.25, 0.3) is 22.3 Å². The largest absolute Gasteiger partial charge is 0.476 e. The topological polar surface area (TPSA) is 68.5 Å². The number of hydrogen-bond acceptors (Lipinski definition) is 4. The van der Waals surface area contributed by atoms with Crippen LogP contribution in [0.1, 0.15) is 11.1 Å². The van der Waals surface area contributed by atoms with Crippen molar-refractivity contribution in [3.8, 4) is 17.1 Å². The van der Waals surface area contributed by atoms with Crippen LogP contribution in [0, 0.1) is 6.92 Å². The molecular weight excluding hydrogens is 390 g/mol. The quantitative estimate of drug-likeness (QED) is 0.484. The molecule has 156 valence electrons. The molecule has 0 aliphatic rings. The lowest BCUT2D eigenvalue weighted by atomic mass is 10.1. The first-order valence-electron chi connectivity index (χ1n) is 10.2. The molecule has 1 amide bonds. The fourth-order valence-electron chi connectivity index (χ4n) is 3.38. The molecule has 0 bridgehead atoms. The van der Waals surface area contributed by atoms with Crippen LogP contribution in [0.3, 0.4) is 0 Å². The Morgan fingerprint density at radius 1 is 0.968 bits per heavy atom. The highest BCUT2D eigenvalue weighted by molar-refractivity contribution is 5.83. The summed E-state index contributed by atoms with van der Waals surface area (Å²) in [6.45, 7) is 2.13. The smallest absolute Gasteiger partial charge is 0.257 e. The summed E-state index contributed by atoms with van der Waals surface area (Å²) in [6, 6.07) is 24.6. The number of carbonyl (C=O) groups excluding carboxylic acids is 1. The summed E-state index contributed by atoms with van der Waals surface area (Å²) in [4.78, 5) is 25.5. The molecule has 0 aliphatic carbocycles. The van der Waals surface area contributed by atoms with Crippen LogP contribution in [0.5, 0.6) is 5.75 Å². The summed E-state index contributed by atoms with van der Waals surface area (Å²) >= 11 is 0.